The highest BCUT2D eigenvalue weighted by molar-refractivity contribution is 7.99. The molecule has 138 valence electrons. The summed E-state index contributed by atoms with van der Waals surface area (Å²) in [6.07, 6.45) is 3.41. The molecule has 0 atom stereocenters. The molecule has 4 heterocycles. The van der Waals surface area contributed by atoms with E-state index in [1.807, 2.05) is 35.7 Å². The van der Waals surface area contributed by atoms with E-state index in [0.717, 1.165) is 31.6 Å². The van der Waals surface area contributed by atoms with Crippen molar-refractivity contribution in [2.45, 2.75) is 25.8 Å². The SMILES string of the molecule is Cc1cccc2ncc(C(=O)N3CCC(N4CCSCC4)CC3)c(=O)n12. The summed E-state index contributed by atoms with van der Waals surface area (Å²) in [6.45, 7) is 5.58. The van der Waals surface area contributed by atoms with Crippen LogP contribution in [0.3, 0.4) is 0 Å². The van der Waals surface area contributed by atoms with Crippen LogP contribution in [0, 0.1) is 6.92 Å². The zero-order chi connectivity index (χ0) is 18.1. The second kappa shape index (κ2) is 7.40. The van der Waals surface area contributed by atoms with Crippen molar-refractivity contribution >= 4 is 23.3 Å². The van der Waals surface area contributed by atoms with E-state index >= 15 is 0 Å². The molecule has 0 aromatic carbocycles. The number of rotatable bonds is 2. The van der Waals surface area contributed by atoms with Gasteiger partial charge in [0.05, 0.1) is 0 Å². The fourth-order valence-electron chi connectivity index (χ4n) is 3.97. The highest BCUT2D eigenvalue weighted by Crippen LogP contribution is 2.21. The molecule has 0 N–H and O–H groups in total. The highest BCUT2D eigenvalue weighted by Gasteiger charge is 2.29. The molecule has 0 bridgehead atoms. The van der Waals surface area contributed by atoms with E-state index in [9.17, 15) is 9.59 Å². The lowest BCUT2D eigenvalue weighted by atomic mass is 10.0. The molecule has 4 rings (SSSR count). The second-order valence-corrected chi connectivity index (χ2v) is 8.23. The van der Waals surface area contributed by atoms with Crippen molar-refractivity contribution in [2.75, 3.05) is 37.7 Å². The first-order valence-electron chi connectivity index (χ1n) is 9.23. The van der Waals surface area contributed by atoms with Crippen molar-refractivity contribution in [3.8, 4) is 0 Å². The highest BCUT2D eigenvalue weighted by atomic mass is 32.2. The number of aryl methyl sites for hydroxylation is 1. The molecule has 2 aliphatic rings. The molecule has 1 amide bonds. The van der Waals surface area contributed by atoms with Crippen LogP contribution in [0.15, 0.2) is 29.2 Å². The normalized spacial score (nSPS) is 19.8. The minimum absolute atomic E-state index is 0.171. The quantitative estimate of drug-likeness (QED) is 0.802. The average molecular weight is 372 g/mol. The number of carbonyl (C=O) groups excluding carboxylic acids is 1. The standard InChI is InChI=1S/C19H24N4O2S/c1-14-3-2-4-17-20-13-16(19(25)23(14)17)18(24)22-7-5-15(6-8-22)21-9-11-26-12-10-21/h2-4,13,15H,5-12H2,1H3. The lowest BCUT2D eigenvalue weighted by molar-refractivity contribution is 0.0628. The number of thioether (sulfide) groups is 1. The summed E-state index contributed by atoms with van der Waals surface area (Å²) in [5.74, 6) is 2.23. The van der Waals surface area contributed by atoms with Crippen LogP contribution < -0.4 is 5.56 Å². The number of piperidine rings is 1. The number of pyridine rings is 1. The van der Waals surface area contributed by atoms with Crippen LogP contribution in [0.5, 0.6) is 0 Å². The number of likely N-dealkylation sites (tertiary alicyclic amines) is 1. The van der Waals surface area contributed by atoms with E-state index in [0.29, 0.717) is 24.8 Å². The maximum absolute atomic E-state index is 12.9. The molecule has 0 radical (unpaired) electrons. The van der Waals surface area contributed by atoms with Gasteiger partial charge in [0.1, 0.15) is 11.2 Å². The van der Waals surface area contributed by atoms with Crippen LogP contribution >= 0.6 is 11.8 Å². The van der Waals surface area contributed by atoms with Gasteiger partial charge in [0.25, 0.3) is 11.5 Å². The van der Waals surface area contributed by atoms with Gasteiger partial charge in [-0.25, -0.2) is 4.98 Å². The first kappa shape index (κ1) is 17.5. The molecule has 0 aliphatic carbocycles. The predicted molar refractivity (Wildman–Crippen MR) is 104 cm³/mol. The Balaban J connectivity index is 1.50. The fourth-order valence-corrected chi connectivity index (χ4v) is 4.90. The van der Waals surface area contributed by atoms with Crippen LogP contribution in [0.4, 0.5) is 0 Å². The summed E-state index contributed by atoms with van der Waals surface area (Å²) < 4.78 is 1.52. The van der Waals surface area contributed by atoms with Gasteiger partial charge in [0, 0.05) is 55.6 Å². The Kier molecular flexibility index (Phi) is 5.00. The van der Waals surface area contributed by atoms with Gasteiger partial charge in [-0.1, -0.05) is 6.07 Å². The van der Waals surface area contributed by atoms with Crippen molar-refractivity contribution in [3.63, 3.8) is 0 Å². The third-order valence-electron chi connectivity index (χ3n) is 5.47. The minimum atomic E-state index is -0.270. The molecule has 2 aromatic heterocycles. The number of nitrogens with zero attached hydrogens (tertiary/aromatic N) is 4. The number of hydrogen-bond donors (Lipinski definition) is 0. The summed E-state index contributed by atoms with van der Waals surface area (Å²) in [5, 5.41) is 0. The summed E-state index contributed by atoms with van der Waals surface area (Å²) in [7, 11) is 0. The largest absolute Gasteiger partial charge is 0.338 e. The molecule has 0 unspecified atom stereocenters. The van der Waals surface area contributed by atoms with Gasteiger partial charge >= 0.3 is 0 Å². The van der Waals surface area contributed by atoms with Crippen LogP contribution in [0.2, 0.25) is 0 Å². The van der Waals surface area contributed by atoms with Crippen LogP contribution in [0.1, 0.15) is 28.9 Å². The maximum Gasteiger partial charge on any atom is 0.270 e. The van der Waals surface area contributed by atoms with E-state index in [2.05, 4.69) is 9.88 Å². The molecule has 0 saturated carbocycles. The van der Waals surface area contributed by atoms with E-state index in [4.69, 9.17) is 0 Å². The molecular weight excluding hydrogens is 348 g/mol. The van der Waals surface area contributed by atoms with Gasteiger partial charge in [-0.3, -0.25) is 18.9 Å². The van der Waals surface area contributed by atoms with Gasteiger partial charge in [-0.2, -0.15) is 11.8 Å². The zero-order valence-electron chi connectivity index (χ0n) is 15.1. The first-order valence-corrected chi connectivity index (χ1v) is 10.4. The number of fused-ring (bicyclic) bond motifs is 1. The molecule has 2 aliphatic heterocycles. The van der Waals surface area contributed by atoms with E-state index < -0.39 is 0 Å². The summed E-state index contributed by atoms with van der Waals surface area (Å²) in [5.41, 5.74) is 1.27. The maximum atomic E-state index is 12.9. The molecule has 2 saturated heterocycles. The van der Waals surface area contributed by atoms with Gasteiger partial charge < -0.3 is 4.90 Å². The topological polar surface area (TPSA) is 57.9 Å². The summed E-state index contributed by atoms with van der Waals surface area (Å²) in [6, 6.07) is 6.07. The van der Waals surface area contributed by atoms with E-state index in [-0.39, 0.29) is 17.0 Å². The number of aromatic nitrogens is 2. The van der Waals surface area contributed by atoms with Crippen molar-refractivity contribution in [1.29, 1.82) is 0 Å². The van der Waals surface area contributed by atoms with Gasteiger partial charge in [-0.05, 0) is 31.9 Å². The fraction of sp³-hybridized carbons (Fsp3) is 0.526. The molecule has 7 heteroatoms. The monoisotopic (exact) mass is 372 g/mol. The van der Waals surface area contributed by atoms with Crippen LogP contribution in [0.25, 0.3) is 5.65 Å². The Morgan fingerprint density at radius 3 is 2.62 bits per heavy atom. The third-order valence-corrected chi connectivity index (χ3v) is 6.41. The van der Waals surface area contributed by atoms with Gasteiger partial charge in [0.15, 0.2) is 0 Å². The molecule has 26 heavy (non-hydrogen) atoms. The van der Waals surface area contributed by atoms with Crippen LogP contribution in [-0.4, -0.2) is 68.8 Å². The van der Waals surface area contributed by atoms with Gasteiger partial charge in [-0.15, -0.1) is 0 Å². The van der Waals surface area contributed by atoms with Crippen molar-refractivity contribution in [1.82, 2.24) is 19.2 Å². The van der Waals surface area contributed by atoms with Crippen molar-refractivity contribution < 1.29 is 4.79 Å². The Morgan fingerprint density at radius 2 is 1.88 bits per heavy atom. The second-order valence-electron chi connectivity index (χ2n) is 7.01. The summed E-state index contributed by atoms with van der Waals surface area (Å²) in [4.78, 5) is 34.4. The number of hydrogen-bond acceptors (Lipinski definition) is 5. The van der Waals surface area contributed by atoms with Gasteiger partial charge in [0.2, 0.25) is 0 Å². The van der Waals surface area contributed by atoms with E-state index in [1.165, 1.54) is 22.1 Å². The lowest BCUT2D eigenvalue weighted by Crippen LogP contribution is -2.49. The van der Waals surface area contributed by atoms with E-state index in [1.54, 1.807) is 6.07 Å². The Bertz CT molecular complexity index is 867. The smallest absolute Gasteiger partial charge is 0.270 e. The third kappa shape index (κ3) is 3.25. The molecule has 6 nitrogen and oxygen atoms in total. The Labute approximate surface area is 157 Å². The lowest BCUT2D eigenvalue weighted by Gasteiger charge is -2.40. The van der Waals surface area contributed by atoms with Crippen molar-refractivity contribution in [2.24, 2.45) is 0 Å². The number of carbonyl (C=O) groups is 1. The molecular formula is C19H24N4O2S. The Hall–Kier alpha value is -1.86. The average Bonchev–Trinajstić information content (AvgIpc) is 2.69. The molecule has 0 spiro atoms. The summed E-state index contributed by atoms with van der Waals surface area (Å²) >= 11 is 2.02. The van der Waals surface area contributed by atoms with Crippen molar-refractivity contribution in [3.05, 3.63) is 46.0 Å². The molecule has 2 aromatic rings. The minimum Gasteiger partial charge on any atom is -0.338 e. The molecule has 2 fully saturated rings. The van der Waals surface area contributed by atoms with Crippen LogP contribution in [-0.2, 0) is 0 Å². The predicted octanol–water partition coefficient (Wildman–Crippen LogP) is 1.66. The number of amides is 1. The first-order chi connectivity index (χ1) is 12.6. The Morgan fingerprint density at radius 1 is 1.15 bits per heavy atom. The zero-order valence-corrected chi connectivity index (χ0v) is 15.9.